The summed E-state index contributed by atoms with van der Waals surface area (Å²) in [5.41, 5.74) is 0.204. The third-order valence-corrected chi connectivity index (χ3v) is 7.60. The average Bonchev–Trinajstić information content (AvgIpc) is 3.51. The van der Waals surface area contributed by atoms with E-state index in [0.29, 0.717) is 38.2 Å². The Morgan fingerprint density at radius 2 is 1.91 bits per heavy atom. The van der Waals surface area contributed by atoms with Gasteiger partial charge in [0.2, 0.25) is 5.43 Å². The summed E-state index contributed by atoms with van der Waals surface area (Å²) < 4.78 is 51.5. The molecule has 0 unspecified atom stereocenters. The highest BCUT2D eigenvalue weighted by Gasteiger charge is 2.30. The summed E-state index contributed by atoms with van der Waals surface area (Å²) in [7, 11) is 0. The highest BCUT2D eigenvalue weighted by Crippen LogP contribution is 2.42. The Kier molecular flexibility index (Phi) is 7.46. The van der Waals surface area contributed by atoms with Gasteiger partial charge in [-0.3, -0.25) is 4.79 Å². The van der Waals surface area contributed by atoms with Crippen molar-refractivity contribution in [1.82, 2.24) is 19.3 Å². The molecule has 1 aliphatic heterocycles. The highest BCUT2D eigenvalue weighted by atomic mass is 19.3. The second-order valence-electron chi connectivity index (χ2n) is 10.1. The van der Waals surface area contributed by atoms with E-state index in [9.17, 15) is 23.5 Å². The molecular weight excluding hydrogens is 563 g/mol. The lowest BCUT2D eigenvalue weighted by Crippen LogP contribution is -2.34. The molecule has 1 saturated heterocycles. The Morgan fingerprint density at radius 3 is 2.53 bits per heavy atom. The number of aromatic carboxylic acids is 1. The summed E-state index contributed by atoms with van der Waals surface area (Å²) in [5, 5.41) is 13.4. The Hall–Kier alpha value is -5.31. The minimum absolute atomic E-state index is 0.161. The van der Waals surface area contributed by atoms with Crippen LogP contribution in [-0.2, 0) is 6.54 Å². The molecule has 3 aromatic carbocycles. The molecule has 1 N–H and O–H groups in total. The first kappa shape index (κ1) is 27.8. The zero-order valence-corrected chi connectivity index (χ0v) is 22.6. The van der Waals surface area contributed by atoms with Crippen molar-refractivity contribution in [2.45, 2.75) is 31.9 Å². The van der Waals surface area contributed by atoms with Crippen molar-refractivity contribution in [2.75, 3.05) is 18.0 Å². The van der Waals surface area contributed by atoms with Gasteiger partial charge >= 0.3 is 12.6 Å². The number of aromatic nitrogens is 4. The summed E-state index contributed by atoms with van der Waals surface area (Å²) in [4.78, 5) is 30.8. The fraction of sp³-hybridized carbons (Fsp3) is 0.226. The SMILES string of the molecule is O=C(O)c1cn(-c2ccc(Cn3cncn3)cc2)c2c(OC(F)F)c(N3CCC(c4cc#ccc4)CC3)c(F)cc2c1=O. The highest BCUT2D eigenvalue weighted by molar-refractivity contribution is 5.97. The number of carboxylic acid groups (broad SMARTS) is 1. The lowest BCUT2D eigenvalue weighted by atomic mass is 9.89. The first-order chi connectivity index (χ1) is 20.8. The van der Waals surface area contributed by atoms with Crippen LogP contribution >= 0.6 is 0 Å². The van der Waals surface area contributed by atoms with Gasteiger partial charge in [0.05, 0.1) is 11.9 Å². The topological polar surface area (TPSA) is 102 Å². The molecule has 43 heavy (non-hydrogen) atoms. The van der Waals surface area contributed by atoms with E-state index in [-0.39, 0.29) is 17.1 Å². The number of carbonyl (C=O) groups is 1. The second-order valence-corrected chi connectivity index (χ2v) is 10.1. The fourth-order valence-electron chi connectivity index (χ4n) is 5.58. The molecule has 1 fully saturated rings. The van der Waals surface area contributed by atoms with Gasteiger partial charge in [0, 0.05) is 25.0 Å². The molecule has 6 rings (SSSR count). The maximum atomic E-state index is 15.8. The summed E-state index contributed by atoms with van der Waals surface area (Å²) in [6, 6.07) is 19.0. The van der Waals surface area contributed by atoms with Crippen LogP contribution in [-0.4, -0.2) is 50.1 Å². The van der Waals surface area contributed by atoms with E-state index < -0.39 is 40.5 Å². The van der Waals surface area contributed by atoms with Gasteiger partial charge in [0.25, 0.3) is 0 Å². The van der Waals surface area contributed by atoms with Crippen LogP contribution in [0.25, 0.3) is 16.6 Å². The first-order valence-corrected chi connectivity index (χ1v) is 13.4. The molecule has 0 radical (unpaired) electrons. The molecule has 0 aliphatic carbocycles. The van der Waals surface area contributed by atoms with Gasteiger partial charge in [-0.15, -0.1) is 0 Å². The summed E-state index contributed by atoms with van der Waals surface area (Å²) in [5.74, 6) is -2.87. The molecule has 0 saturated carbocycles. The number of halogens is 3. The molecule has 5 aromatic rings. The maximum Gasteiger partial charge on any atom is 0.387 e. The second kappa shape index (κ2) is 11.5. The first-order valence-electron chi connectivity index (χ1n) is 13.4. The van der Waals surface area contributed by atoms with Crippen LogP contribution in [0.15, 0.2) is 72.2 Å². The number of hydrogen-bond acceptors (Lipinski definition) is 6. The molecule has 2 aromatic heterocycles. The van der Waals surface area contributed by atoms with Crippen LogP contribution in [0.1, 0.15) is 40.2 Å². The van der Waals surface area contributed by atoms with E-state index in [1.54, 1.807) is 46.2 Å². The number of benzene rings is 2. The van der Waals surface area contributed by atoms with E-state index in [4.69, 9.17) is 4.74 Å². The molecule has 12 heteroatoms. The number of ether oxygens (including phenoxy) is 1. The van der Waals surface area contributed by atoms with Crippen molar-refractivity contribution < 1.29 is 27.8 Å². The minimum Gasteiger partial charge on any atom is -0.477 e. The smallest absolute Gasteiger partial charge is 0.387 e. The van der Waals surface area contributed by atoms with E-state index in [2.05, 4.69) is 22.2 Å². The quantitative estimate of drug-likeness (QED) is 0.271. The van der Waals surface area contributed by atoms with Crippen LogP contribution in [0, 0.1) is 17.9 Å². The van der Waals surface area contributed by atoms with Crippen molar-refractivity contribution in [3.63, 3.8) is 0 Å². The Labute approximate surface area is 243 Å². The molecule has 0 amide bonds. The monoisotopic (exact) mass is 587 g/mol. The molecular formula is C31H24F3N5O4. The molecule has 0 bridgehead atoms. The molecule has 1 aliphatic rings. The van der Waals surface area contributed by atoms with Crippen molar-refractivity contribution in [2.24, 2.45) is 0 Å². The number of carboxylic acids is 1. The predicted molar refractivity (Wildman–Crippen MR) is 151 cm³/mol. The molecule has 3 heterocycles. The third kappa shape index (κ3) is 5.49. The van der Waals surface area contributed by atoms with Gasteiger partial charge in [-0.05, 0) is 66.3 Å². The minimum atomic E-state index is -3.34. The van der Waals surface area contributed by atoms with Gasteiger partial charge in [0.15, 0.2) is 11.6 Å². The zero-order valence-electron chi connectivity index (χ0n) is 22.6. The average molecular weight is 588 g/mol. The standard InChI is InChI=1S/C31H24F3N5O4/c32-25-14-23-26(29(43-31(33)34)27(25)37-12-10-21(11-13-37)20-4-2-1-3-5-20)39(16-24(28(23)40)30(41)42)22-8-6-19(7-9-22)15-38-18-35-17-36-38/h2,4-9,14,16-18,21,31H,10-13,15H2,(H,41,42). The van der Waals surface area contributed by atoms with Crippen LogP contribution in [0.4, 0.5) is 18.9 Å². The number of piperidine rings is 1. The largest absolute Gasteiger partial charge is 0.477 e. The Balaban J connectivity index is 1.48. The van der Waals surface area contributed by atoms with Crippen LogP contribution in [0.5, 0.6) is 5.75 Å². The van der Waals surface area contributed by atoms with Gasteiger partial charge in [-0.2, -0.15) is 13.9 Å². The predicted octanol–water partition coefficient (Wildman–Crippen LogP) is 5.05. The summed E-state index contributed by atoms with van der Waals surface area (Å²) in [6.45, 7) is -2.28. The van der Waals surface area contributed by atoms with Crippen LogP contribution < -0.4 is 15.1 Å². The lowest BCUT2D eigenvalue weighted by molar-refractivity contribution is -0.0488. The summed E-state index contributed by atoms with van der Waals surface area (Å²) in [6.07, 6.45) is 5.22. The number of anilines is 1. The molecule has 0 spiro atoms. The van der Waals surface area contributed by atoms with E-state index in [1.807, 2.05) is 12.1 Å². The van der Waals surface area contributed by atoms with E-state index >= 15 is 4.39 Å². The molecule has 9 nitrogen and oxygen atoms in total. The van der Waals surface area contributed by atoms with Gasteiger partial charge < -0.3 is 19.3 Å². The van der Waals surface area contributed by atoms with Crippen molar-refractivity contribution in [1.29, 1.82) is 0 Å². The van der Waals surface area contributed by atoms with Gasteiger partial charge in [0.1, 0.15) is 29.4 Å². The van der Waals surface area contributed by atoms with Gasteiger partial charge in [-0.1, -0.05) is 24.3 Å². The van der Waals surface area contributed by atoms with Gasteiger partial charge in [-0.25, -0.2) is 18.9 Å². The zero-order chi connectivity index (χ0) is 30.1. The number of pyridine rings is 1. The van der Waals surface area contributed by atoms with Crippen molar-refractivity contribution in [3.8, 4) is 11.4 Å². The number of fused-ring (bicyclic) bond motifs is 1. The number of hydrogen-bond donors (Lipinski definition) is 1. The van der Waals surface area contributed by atoms with Crippen LogP contribution in [0.3, 0.4) is 0 Å². The third-order valence-electron chi connectivity index (χ3n) is 7.60. The summed E-state index contributed by atoms with van der Waals surface area (Å²) >= 11 is 0. The molecule has 218 valence electrons. The fourth-order valence-corrected chi connectivity index (χ4v) is 5.58. The maximum absolute atomic E-state index is 15.8. The Bertz CT molecular complexity index is 1820. The van der Waals surface area contributed by atoms with Crippen LogP contribution in [0.2, 0.25) is 0 Å². The molecule has 0 atom stereocenters. The normalized spacial score (nSPS) is 13.8. The van der Waals surface area contributed by atoms with Crippen molar-refractivity contribution >= 4 is 22.6 Å². The number of nitrogens with zero attached hydrogens (tertiary/aromatic N) is 5. The number of rotatable bonds is 8. The lowest BCUT2D eigenvalue weighted by Gasteiger charge is -2.35. The van der Waals surface area contributed by atoms with Crippen molar-refractivity contribution in [3.05, 3.63) is 112 Å². The number of alkyl halides is 2. The van der Waals surface area contributed by atoms with E-state index in [0.717, 1.165) is 23.4 Å². The Morgan fingerprint density at radius 1 is 1.14 bits per heavy atom. The van der Waals surface area contributed by atoms with E-state index in [1.165, 1.54) is 10.9 Å².